The molecule has 5 aromatic rings. The van der Waals surface area contributed by atoms with Crippen LogP contribution in [0.1, 0.15) is 16.7 Å². The molecule has 1 saturated heterocycles. The molecule has 2 aliphatic rings. The van der Waals surface area contributed by atoms with Crippen LogP contribution in [-0.2, 0) is 26.1 Å². The molecule has 1 fully saturated rings. The molecule has 0 N–H and O–H groups in total. The first-order chi connectivity index (χ1) is 19.9. The Balaban J connectivity index is 1.32. The molecule has 206 valence electrons. The third kappa shape index (κ3) is 4.35. The van der Waals surface area contributed by atoms with Crippen molar-refractivity contribution in [2.24, 2.45) is 0 Å². The highest BCUT2D eigenvalue weighted by molar-refractivity contribution is 7.89. The third-order valence-electron chi connectivity index (χ3n) is 8.10. The van der Waals surface area contributed by atoms with Gasteiger partial charge in [-0.15, -0.1) is 0 Å². The summed E-state index contributed by atoms with van der Waals surface area (Å²) in [6, 6.07) is 27.8. The van der Waals surface area contributed by atoms with E-state index in [4.69, 9.17) is 4.74 Å². The first-order valence-corrected chi connectivity index (χ1v) is 15.1. The number of hydrogen-bond acceptors (Lipinski definition) is 4. The Morgan fingerprint density at radius 1 is 0.878 bits per heavy atom. The molecular formula is C33H29N3O4S. The van der Waals surface area contributed by atoms with Gasteiger partial charge in [0.2, 0.25) is 10.0 Å². The van der Waals surface area contributed by atoms with Crippen molar-refractivity contribution in [2.45, 2.75) is 11.4 Å². The van der Waals surface area contributed by atoms with Crippen LogP contribution in [0.5, 0.6) is 0 Å². The monoisotopic (exact) mass is 563 g/mol. The molecule has 7 rings (SSSR count). The van der Waals surface area contributed by atoms with E-state index in [1.165, 1.54) is 20.6 Å². The molecule has 0 aliphatic carbocycles. The molecule has 0 radical (unpaired) electrons. The number of benzene rings is 4. The van der Waals surface area contributed by atoms with Crippen LogP contribution in [-0.4, -0.2) is 56.5 Å². The summed E-state index contributed by atoms with van der Waals surface area (Å²) < 4.78 is 35.8. The number of fused-ring (bicyclic) bond motifs is 3. The molecule has 3 heterocycles. The van der Waals surface area contributed by atoms with Gasteiger partial charge in [0, 0.05) is 60.5 Å². The molecule has 1 aromatic heterocycles. The second-order valence-electron chi connectivity index (χ2n) is 10.5. The molecule has 0 bridgehead atoms. The lowest BCUT2D eigenvalue weighted by molar-refractivity contribution is -0.112. The lowest BCUT2D eigenvalue weighted by Crippen LogP contribution is -2.40. The Morgan fingerprint density at radius 2 is 1.61 bits per heavy atom. The maximum Gasteiger partial charge on any atom is 0.258 e. The van der Waals surface area contributed by atoms with E-state index in [1.54, 1.807) is 30.1 Å². The van der Waals surface area contributed by atoms with Crippen LogP contribution in [0.2, 0.25) is 0 Å². The van der Waals surface area contributed by atoms with E-state index in [2.05, 4.69) is 59.3 Å². The lowest BCUT2D eigenvalue weighted by atomic mass is 10.0. The molecule has 7 nitrogen and oxygen atoms in total. The van der Waals surface area contributed by atoms with E-state index in [1.807, 2.05) is 24.3 Å². The predicted octanol–water partition coefficient (Wildman–Crippen LogP) is 5.38. The van der Waals surface area contributed by atoms with Crippen molar-refractivity contribution in [1.29, 1.82) is 0 Å². The summed E-state index contributed by atoms with van der Waals surface area (Å²) in [7, 11) is -1.98. The van der Waals surface area contributed by atoms with Crippen LogP contribution < -0.4 is 4.90 Å². The minimum absolute atomic E-state index is 0.160. The van der Waals surface area contributed by atoms with Gasteiger partial charge in [0.05, 0.1) is 23.8 Å². The minimum Gasteiger partial charge on any atom is -0.379 e. The van der Waals surface area contributed by atoms with E-state index in [0.29, 0.717) is 49.7 Å². The normalized spacial score (nSPS) is 17.1. The van der Waals surface area contributed by atoms with Gasteiger partial charge < -0.3 is 14.2 Å². The predicted molar refractivity (Wildman–Crippen MR) is 162 cm³/mol. The van der Waals surface area contributed by atoms with Gasteiger partial charge in [-0.05, 0) is 46.7 Å². The zero-order valence-corrected chi connectivity index (χ0v) is 23.5. The van der Waals surface area contributed by atoms with Gasteiger partial charge in [-0.2, -0.15) is 4.31 Å². The zero-order chi connectivity index (χ0) is 28.1. The summed E-state index contributed by atoms with van der Waals surface area (Å²) in [4.78, 5) is 15.3. The molecule has 0 saturated carbocycles. The number of aromatic nitrogens is 1. The summed E-state index contributed by atoms with van der Waals surface area (Å²) >= 11 is 0. The number of morpholine rings is 1. The fourth-order valence-electron chi connectivity index (χ4n) is 5.96. The minimum atomic E-state index is -3.71. The van der Waals surface area contributed by atoms with Crippen molar-refractivity contribution in [2.75, 3.05) is 38.3 Å². The average Bonchev–Trinajstić information content (AvgIpc) is 3.47. The van der Waals surface area contributed by atoms with Gasteiger partial charge >= 0.3 is 0 Å². The van der Waals surface area contributed by atoms with Gasteiger partial charge in [-0.3, -0.25) is 4.79 Å². The SMILES string of the molecule is CN1C(=O)/C(=C\c2cn(Cc3cccc4ccccc34)c3ccccc23)c2cc(S(=O)(=O)N3CCOCC3)ccc21. The van der Waals surface area contributed by atoms with Crippen molar-refractivity contribution in [3.63, 3.8) is 0 Å². The van der Waals surface area contributed by atoms with Crippen LogP contribution >= 0.6 is 0 Å². The third-order valence-corrected chi connectivity index (χ3v) is 10.00. The number of anilines is 1. The Bertz CT molecular complexity index is 1960. The van der Waals surface area contributed by atoms with Crippen molar-refractivity contribution >= 4 is 54.9 Å². The first kappa shape index (κ1) is 25.7. The Morgan fingerprint density at radius 3 is 2.44 bits per heavy atom. The Hall–Kier alpha value is -4.24. The highest BCUT2D eigenvalue weighted by atomic mass is 32.2. The maximum atomic E-state index is 13.5. The van der Waals surface area contributed by atoms with Gasteiger partial charge in [0.25, 0.3) is 5.91 Å². The number of para-hydroxylation sites is 1. The van der Waals surface area contributed by atoms with Gasteiger partial charge in [-0.25, -0.2) is 8.42 Å². The topological polar surface area (TPSA) is 71.9 Å². The number of amides is 1. The molecule has 4 aromatic carbocycles. The van der Waals surface area contributed by atoms with E-state index < -0.39 is 10.0 Å². The number of rotatable bonds is 5. The van der Waals surface area contributed by atoms with Crippen molar-refractivity contribution in [1.82, 2.24) is 8.87 Å². The van der Waals surface area contributed by atoms with Crippen LogP contribution in [0, 0.1) is 0 Å². The van der Waals surface area contributed by atoms with Crippen molar-refractivity contribution in [3.8, 4) is 0 Å². The number of carbonyl (C=O) groups excluding carboxylic acids is 1. The molecule has 0 spiro atoms. The lowest BCUT2D eigenvalue weighted by Gasteiger charge is -2.26. The number of carbonyl (C=O) groups is 1. The zero-order valence-electron chi connectivity index (χ0n) is 22.7. The van der Waals surface area contributed by atoms with Gasteiger partial charge in [-0.1, -0.05) is 60.7 Å². The van der Waals surface area contributed by atoms with Crippen molar-refractivity contribution in [3.05, 3.63) is 108 Å². The number of sulfonamides is 1. The van der Waals surface area contributed by atoms with Crippen molar-refractivity contribution < 1.29 is 17.9 Å². The molecule has 41 heavy (non-hydrogen) atoms. The van der Waals surface area contributed by atoms with Gasteiger partial charge in [0.1, 0.15) is 0 Å². The average molecular weight is 564 g/mol. The van der Waals surface area contributed by atoms with E-state index in [9.17, 15) is 13.2 Å². The highest BCUT2D eigenvalue weighted by Gasteiger charge is 2.33. The molecule has 1 amide bonds. The molecular weight excluding hydrogens is 534 g/mol. The first-order valence-electron chi connectivity index (χ1n) is 13.7. The Labute approximate surface area is 238 Å². The summed E-state index contributed by atoms with van der Waals surface area (Å²) in [6.07, 6.45) is 3.98. The smallest absolute Gasteiger partial charge is 0.258 e. The molecule has 2 aliphatic heterocycles. The maximum absolute atomic E-state index is 13.5. The van der Waals surface area contributed by atoms with Crippen LogP contribution in [0.25, 0.3) is 33.3 Å². The molecule has 8 heteroatoms. The molecule has 0 atom stereocenters. The summed E-state index contributed by atoms with van der Waals surface area (Å²) in [5.74, 6) is -0.160. The fourth-order valence-corrected chi connectivity index (χ4v) is 7.39. The van der Waals surface area contributed by atoms with E-state index in [-0.39, 0.29) is 10.8 Å². The fraction of sp³-hybridized carbons (Fsp3) is 0.182. The summed E-state index contributed by atoms with van der Waals surface area (Å²) in [5.41, 5.74) is 4.99. The number of nitrogens with zero attached hydrogens (tertiary/aromatic N) is 3. The number of hydrogen-bond donors (Lipinski definition) is 0. The standard InChI is InChI=1S/C33H29N3O4S/c1-34-31-14-13-26(41(38,39)36-15-17-40-18-16-36)20-29(31)30(33(34)37)19-25-22-35(32-12-5-4-11-28(25)32)21-24-9-6-8-23-7-2-3-10-27(23)24/h2-14,19-20,22H,15-18,21H2,1H3/b30-19-. The van der Waals surface area contributed by atoms with Gasteiger partial charge in [0.15, 0.2) is 0 Å². The quantitative estimate of drug-likeness (QED) is 0.269. The van der Waals surface area contributed by atoms with E-state index in [0.717, 1.165) is 16.5 Å². The van der Waals surface area contributed by atoms with Crippen LogP contribution in [0.4, 0.5) is 5.69 Å². The largest absolute Gasteiger partial charge is 0.379 e. The number of likely N-dealkylation sites (N-methyl/N-ethyl adjacent to an activating group) is 1. The summed E-state index contributed by atoms with van der Waals surface area (Å²) in [6.45, 7) is 2.06. The van der Waals surface area contributed by atoms with Crippen LogP contribution in [0.3, 0.4) is 0 Å². The summed E-state index contributed by atoms with van der Waals surface area (Å²) in [5, 5.41) is 3.44. The number of ether oxygens (including phenoxy) is 1. The highest BCUT2D eigenvalue weighted by Crippen LogP contribution is 2.40. The Kier molecular flexibility index (Phi) is 6.27. The second-order valence-corrected chi connectivity index (χ2v) is 12.4. The van der Waals surface area contributed by atoms with Crippen LogP contribution in [0.15, 0.2) is 96.0 Å². The molecule has 0 unspecified atom stereocenters. The van der Waals surface area contributed by atoms with E-state index >= 15 is 0 Å². The second kappa shape index (κ2) is 9.99.